The molecule has 230 valence electrons. The van der Waals surface area contributed by atoms with Crippen molar-refractivity contribution < 1.29 is 14.2 Å². The lowest BCUT2D eigenvalue weighted by atomic mass is 9.48. The fraction of sp³-hybridized carbons (Fsp3) is 1.00. The molecule has 0 spiro atoms. The Morgan fingerprint density at radius 3 is 1.95 bits per heavy atom. The van der Waals surface area contributed by atoms with Gasteiger partial charge in [0.15, 0.2) is 0 Å². The van der Waals surface area contributed by atoms with E-state index in [0.29, 0.717) is 69.0 Å². The molecule has 3 rings (SSSR count). The number of azide groups is 3. The maximum Gasteiger partial charge on any atom is 0.0637 e. The van der Waals surface area contributed by atoms with Crippen molar-refractivity contribution in [2.24, 2.45) is 55.8 Å². The molecule has 0 aromatic carbocycles. The van der Waals surface area contributed by atoms with Crippen molar-refractivity contribution in [1.29, 1.82) is 0 Å². The van der Waals surface area contributed by atoms with Gasteiger partial charge in [0.2, 0.25) is 0 Å². The lowest BCUT2D eigenvalue weighted by Crippen LogP contribution is -2.58. The van der Waals surface area contributed by atoms with Crippen LogP contribution in [0.2, 0.25) is 0 Å². The molecule has 0 radical (unpaired) electrons. The van der Waals surface area contributed by atoms with Crippen LogP contribution < -0.4 is 0 Å². The van der Waals surface area contributed by atoms with Crippen LogP contribution in [0.4, 0.5) is 0 Å². The van der Waals surface area contributed by atoms with E-state index in [0.717, 1.165) is 44.9 Å². The molecule has 1 unspecified atom stereocenters. The Bertz CT molecular complexity index is 969. The Hall–Kier alpha value is -2.19. The maximum absolute atomic E-state index is 8.83. The minimum Gasteiger partial charge on any atom is -0.378 e. The van der Waals surface area contributed by atoms with E-state index in [4.69, 9.17) is 30.8 Å². The van der Waals surface area contributed by atoms with Crippen molar-refractivity contribution >= 4 is 0 Å². The van der Waals surface area contributed by atoms with E-state index in [2.05, 4.69) is 64.7 Å². The summed E-state index contributed by atoms with van der Waals surface area (Å²) in [5.41, 5.74) is 26.3. The Morgan fingerprint density at radius 2 is 1.39 bits per heavy atom. The number of ether oxygens (including phenoxy) is 3. The van der Waals surface area contributed by atoms with Crippen LogP contribution in [-0.4, -0.2) is 57.8 Å². The molecule has 0 N–H and O–H groups in total. The third-order valence-electron chi connectivity index (χ3n) is 10.9. The first-order valence-electron chi connectivity index (χ1n) is 15.6. The normalized spacial score (nSPS) is 35.6. The van der Waals surface area contributed by atoms with Gasteiger partial charge in [0.05, 0.1) is 38.1 Å². The summed E-state index contributed by atoms with van der Waals surface area (Å²) in [5.74, 6) is 2.34. The second-order valence-electron chi connectivity index (χ2n) is 13.1. The molecule has 0 bridgehead atoms. The Morgan fingerprint density at radius 1 is 0.805 bits per heavy atom. The molecule has 0 aromatic rings. The zero-order valence-electron chi connectivity index (χ0n) is 25.8. The highest BCUT2D eigenvalue weighted by Crippen LogP contribution is 2.66. The Kier molecular flexibility index (Phi) is 12.9. The van der Waals surface area contributed by atoms with Gasteiger partial charge in [-0.25, -0.2) is 0 Å². The number of rotatable bonds is 16. The Balaban J connectivity index is 1.92. The quantitative estimate of drug-likeness (QED) is 0.0781. The summed E-state index contributed by atoms with van der Waals surface area (Å²) in [4.78, 5) is 8.68. The van der Waals surface area contributed by atoms with Crippen LogP contribution in [0.15, 0.2) is 15.3 Å². The molecule has 3 aliphatic rings. The second-order valence-corrected chi connectivity index (χ2v) is 13.1. The summed E-state index contributed by atoms with van der Waals surface area (Å²) in [6.07, 6.45) is 8.71. The van der Waals surface area contributed by atoms with E-state index < -0.39 is 0 Å². The largest absolute Gasteiger partial charge is 0.378 e. The summed E-state index contributed by atoms with van der Waals surface area (Å²) in [5, 5.41) is 11.1. The number of hydrogen-bond acceptors (Lipinski definition) is 6. The zero-order valence-corrected chi connectivity index (χ0v) is 25.8. The van der Waals surface area contributed by atoms with Gasteiger partial charge in [-0.2, -0.15) is 0 Å². The highest BCUT2D eigenvalue weighted by Gasteiger charge is 2.63. The third-order valence-corrected chi connectivity index (χ3v) is 10.9. The summed E-state index contributed by atoms with van der Waals surface area (Å²) in [7, 11) is 0. The van der Waals surface area contributed by atoms with Gasteiger partial charge >= 0.3 is 0 Å². The zero-order chi connectivity index (χ0) is 29.9. The summed E-state index contributed by atoms with van der Waals surface area (Å²) >= 11 is 0. The lowest BCUT2D eigenvalue weighted by Gasteiger charge is -2.60. The first-order chi connectivity index (χ1) is 19.8. The van der Waals surface area contributed by atoms with Crippen molar-refractivity contribution in [2.45, 2.75) is 104 Å². The predicted molar refractivity (Wildman–Crippen MR) is 159 cm³/mol. The molecular weight excluding hydrogens is 522 g/mol. The number of nitrogens with zero attached hydrogens (tertiary/aromatic N) is 9. The maximum atomic E-state index is 8.83. The van der Waals surface area contributed by atoms with Crippen LogP contribution in [0.1, 0.15) is 86.0 Å². The van der Waals surface area contributed by atoms with E-state index in [-0.39, 0.29) is 29.1 Å². The van der Waals surface area contributed by atoms with Crippen LogP contribution in [0.3, 0.4) is 0 Å². The monoisotopic (exact) mass is 573 g/mol. The smallest absolute Gasteiger partial charge is 0.0637 e. The van der Waals surface area contributed by atoms with Gasteiger partial charge in [0.1, 0.15) is 0 Å². The van der Waals surface area contributed by atoms with Gasteiger partial charge in [-0.15, -0.1) is 0 Å². The molecule has 7 atom stereocenters. The van der Waals surface area contributed by atoms with Gasteiger partial charge in [0.25, 0.3) is 0 Å². The molecule has 3 saturated carbocycles. The van der Waals surface area contributed by atoms with Gasteiger partial charge < -0.3 is 14.2 Å². The van der Waals surface area contributed by atoms with Crippen molar-refractivity contribution in [2.75, 3.05) is 39.5 Å². The van der Waals surface area contributed by atoms with Crippen LogP contribution in [0.5, 0.6) is 0 Å². The van der Waals surface area contributed by atoms with Crippen molar-refractivity contribution in [3.63, 3.8) is 0 Å². The van der Waals surface area contributed by atoms with Gasteiger partial charge in [-0.05, 0) is 103 Å². The van der Waals surface area contributed by atoms with Crippen molar-refractivity contribution in [3.8, 4) is 0 Å². The van der Waals surface area contributed by atoms with Crippen LogP contribution in [-0.2, 0) is 14.2 Å². The summed E-state index contributed by atoms with van der Waals surface area (Å²) in [6.45, 7) is 14.2. The van der Waals surface area contributed by atoms with E-state index in [1.807, 2.05) is 0 Å². The molecule has 3 aliphatic carbocycles. The molecule has 12 heteroatoms. The average molecular weight is 574 g/mol. The first kappa shape index (κ1) is 33.3. The number of hydrogen-bond donors (Lipinski definition) is 0. The van der Waals surface area contributed by atoms with E-state index >= 15 is 0 Å². The highest BCUT2D eigenvalue weighted by molar-refractivity contribution is 5.11. The molecule has 0 saturated heterocycles. The fourth-order valence-corrected chi connectivity index (χ4v) is 8.99. The minimum atomic E-state index is 0.00517. The molecule has 3 fully saturated rings. The molecule has 0 aromatic heterocycles. The molecular formula is C29H51N9O3. The van der Waals surface area contributed by atoms with Crippen molar-refractivity contribution in [1.82, 2.24) is 0 Å². The average Bonchev–Trinajstić information content (AvgIpc) is 3.33. The van der Waals surface area contributed by atoms with Crippen LogP contribution in [0.25, 0.3) is 31.3 Å². The predicted octanol–water partition coefficient (Wildman–Crippen LogP) is 8.39. The standard InChI is InChI=1S/C29H51N9O3/c1-6-25(40-17-14-34-37-31)27-23-8-7-22(20(2)3)29(23,5)26(41-18-15-35-38-32)19-24(27)28(4)11-9-21(10-12-28)39-16-13-33-36-30/h20-27H,6-19H2,1-5H3/t21?,22-,23+,24+,25-,26+,27?,28?,29-/m1/s1. The fourth-order valence-electron chi connectivity index (χ4n) is 8.99. The topological polar surface area (TPSA) is 174 Å². The summed E-state index contributed by atoms with van der Waals surface area (Å²) < 4.78 is 19.3. The molecule has 0 amide bonds. The molecule has 12 nitrogen and oxygen atoms in total. The molecule has 0 heterocycles. The second kappa shape index (κ2) is 15.9. The van der Waals surface area contributed by atoms with Gasteiger partial charge in [0, 0.05) is 39.8 Å². The highest BCUT2D eigenvalue weighted by atomic mass is 16.5. The van der Waals surface area contributed by atoms with E-state index in [1.54, 1.807) is 0 Å². The van der Waals surface area contributed by atoms with Crippen molar-refractivity contribution in [3.05, 3.63) is 31.3 Å². The number of fused-ring (bicyclic) bond motifs is 1. The molecule has 41 heavy (non-hydrogen) atoms. The van der Waals surface area contributed by atoms with E-state index in [9.17, 15) is 0 Å². The van der Waals surface area contributed by atoms with E-state index in [1.165, 1.54) is 6.42 Å². The summed E-state index contributed by atoms with van der Waals surface area (Å²) in [6, 6.07) is 0. The van der Waals surface area contributed by atoms with Crippen LogP contribution >= 0.6 is 0 Å². The Labute approximate surface area is 245 Å². The third kappa shape index (κ3) is 7.81. The van der Waals surface area contributed by atoms with Crippen LogP contribution in [0, 0.1) is 40.4 Å². The van der Waals surface area contributed by atoms with Gasteiger partial charge in [-0.3, -0.25) is 0 Å². The molecule has 0 aliphatic heterocycles. The minimum absolute atomic E-state index is 0.00517. The lowest BCUT2D eigenvalue weighted by molar-refractivity contribution is -0.189. The first-order valence-corrected chi connectivity index (χ1v) is 15.6. The van der Waals surface area contributed by atoms with Gasteiger partial charge in [-0.1, -0.05) is 50.0 Å². The SMILES string of the molecule is CC[C@@H](OCCN=[N+]=[N-])C1[C@@H](C2(C)CCC(OCCN=[N+]=[N-])CC2)C[C@H](OCCN=[N+]=[N-])[C@]2(C)[C@@H](C(C)C)CC[C@@H]12.